The van der Waals surface area contributed by atoms with Gasteiger partial charge in [0.2, 0.25) is 65.0 Å². The van der Waals surface area contributed by atoms with E-state index in [0.29, 0.717) is 19.3 Å². The van der Waals surface area contributed by atoms with Crippen LogP contribution in [0.3, 0.4) is 0 Å². The molecule has 0 aromatic rings. The van der Waals surface area contributed by atoms with Gasteiger partial charge in [0.05, 0.1) is 6.04 Å². The molecule has 0 aliphatic carbocycles. The zero-order chi connectivity index (χ0) is 65.3. The lowest BCUT2D eigenvalue weighted by Crippen LogP contribution is -2.61. The molecular formula is C56H95N13O17. The minimum atomic E-state index is -1.61. The van der Waals surface area contributed by atoms with Crippen LogP contribution in [0.15, 0.2) is 0 Å². The molecule has 2 fully saturated rings. The molecule has 0 aromatic heterocycles. The van der Waals surface area contributed by atoms with Crippen LogP contribution < -0.4 is 59.7 Å². The van der Waals surface area contributed by atoms with Crippen LogP contribution in [0.25, 0.3) is 0 Å². The van der Waals surface area contributed by atoms with Gasteiger partial charge in [-0.3, -0.25) is 62.3 Å². The number of aliphatic carboxylic acids is 3. The number of unbranched alkanes of at least 4 members (excludes halogenated alkanes) is 1. The minimum Gasteiger partial charge on any atom is -0.481 e. The first-order chi connectivity index (χ1) is 40.2. The van der Waals surface area contributed by atoms with Crippen LogP contribution in [0, 0.1) is 23.7 Å². The molecule has 0 unspecified atom stereocenters. The van der Waals surface area contributed by atoms with Crippen molar-refractivity contribution in [1.29, 1.82) is 0 Å². The third-order valence-electron chi connectivity index (χ3n) is 14.7. The van der Waals surface area contributed by atoms with E-state index in [1.807, 2.05) is 0 Å². The van der Waals surface area contributed by atoms with E-state index in [1.165, 1.54) is 16.7 Å². The van der Waals surface area contributed by atoms with Crippen molar-refractivity contribution < 1.29 is 82.4 Å². The number of carboxylic acid groups (broad SMARTS) is 3. The molecule has 2 saturated heterocycles. The number of rotatable bonds is 38. The van der Waals surface area contributed by atoms with E-state index in [9.17, 15) is 82.4 Å². The summed E-state index contributed by atoms with van der Waals surface area (Å²) in [4.78, 5) is 189. The number of likely N-dealkylation sites (tertiary alicyclic amines) is 2. The Hall–Kier alpha value is -7.50. The summed E-state index contributed by atoms with van der Waals surface area (Å²) in [6.07, 6.45) is -0.920. The Morgan fingerprint density at radius 3 is 1.30 bits per heavy atom. The summed E-state index contributed by atoms with van der Waals surface area (Å²) >= 11 is 0. The van der Waals surface area contributed by atoms with Gasteiger partial charge in [-0.2, -0.15) is 0 Å². The fourth-order valence-electron chi connectivity index (χ4n) is 9.96. The van der Waals surface area contributed by atoms with Crippen molar-refractivity contribution in [2.75, 3.05) is 19.6 Å². The number of hydrogen-bond acceptors (Lipinski definition) is 16. The van der Waals surface area contributed by atoms with Gasteiger partial charge in [-0.15, -0.1) is 0 Å². The van der Waals surface area contributed by atoms with Crippen LogP contribution in [0.2, 0.25) is 0 Å². The second kappa shape index (κ2) is 36.5. The average Bonchev–Trinajstić information content (AvgIpc) is 2.51. The number of carboxylic acids is 3. The van der Waals surface area contributed by atoms with Gasteiger partial charge in [0, 0.05) is 32.4 Å². The van der Waals surface area contributed by atoms with Gasteiger partial charge in [0.1, 0.15) is 60.4 Å². The molecule has 17 N–H and O–H groups in total. The van der Waals surface area contributed by atoms with Gasteiger partial charge in [-0.1, -0.05) is 55.4 Å². The van der Waals surface area contributed by atoms with Gasteiger partial charge in [0.25, 0.3) is 0 Å². The van der Waals surface area contributed by atoms with Crippen molar-refractivity contribution in [3.05, 3.63) is 0 Å². The Kier molecular flexibility index (Phi) is 31.6. The maximum Gasteiger partial charge on any atom is 0.326 e. The molecule has 0 spiro atoms. The predicted octanol–water partition coefficient (Wildman–Crippen LogP) is -2.19. The first-order valence-electron chi connectivity index (χ1n) is 29.6. The number of nitrogens with two attached hydrogens (primary N) is 3. The lowest BCUT2D eigenvalue weighted by Gasteiger charge is -2.33. The normalized spacial score (nSPS) is 18.1. The van der Waals surface area contributed by atoms with Gasteiger partial charge in [-0.25, -0.2) is 4.79 Å². The third kappa shape index (κ3) is 24.8. The van der Waals surface area contributed by atoms with Crippen molar-refractivity contribution in [2.24, 2.45) is 40.9 Å². The number of amides is 11. The van der Waals surface area contributed by atoms with Crippen LogP contribution >= 0.6 is 0 Å². The molecule has 2 rings (SSSR count). The first-order valence-corrected chi connectivity index (χ1v) is 29.6. The molecule has 86 heavy (non-hydrogen) atoms. The Labute approximate surface area is 501 Å². The second-order valence-electron chi connectivity index (χ2n) is 23.7. The van der Waals surface area contributed by atoms with Crippen molar-refractivity contribution in [3.8, 4) is 0 Å². The Morgan fingerprint density at radius 2 is 0.860 bits per heavy atom. The van der Waals surface area contributed by atoms with Crippen molar-refractivity contribution in [1.82, 2.24) is 52.3 Å². The molecule has 486 valence electrons. The van der Waals surface area contributed by atoms with Gasteiger partial charge >= 0.3 is 17.9 Å². The van der Waals surface area contributed by atoms with E-state index < -0.39 is 193 Å². The highest BCUT2D eigenvalue weighted by Gasteiger charge is 2.44. The summed E-state index contributed by atoms with van der Waals surface area (Å²) in [5.41, 5.74) is 16.8. The number of carbonyl (C=O) groups is 14. The fraction of sp³-hybridized carbons (Fsp3) is 0.750. The molecule has 30 nitrogen and oxygen atoms in total. The van der Waals surface area contributed by atoms with Crippen molar-refractivity contribution >= 4 is 82.9 Å². The van der Waals surface area contributed by atoms with E-state index in [4.69, 9.17) is 17.2 Å². The summed E-state index contributed by atoms with van der Waals surface area (Å²) in [7, 11) is 0. The Balaban J connectivity index is 2.38. The summed E-state index contributed by atoms with van der Waals surface area (Å²) in [5.74, 6) is -14.4. The second-order valence-corrected chi connectivity index (χ2v) is 23.7. The highest BCUT2D eigenvalue weighted by atomic mass is 16.4. The molecule has 30 heteroatoms. The minimum absolute atomic E-state index is 0.000892. The monoisotopic (exact) mass is 1220 g/mol. The van der Waals surface area contributed by atoms with Crippen LogP contribution in [-0.2, 0) is 67.1 Å². The highest BCUT2D eigenvalue weighted by Crippen LogP contribution is 2.24. The summed E-state index contributed by atoms with van der Waals surface area (Å²) in [6.45, 7) is 15.4. The maximum atomic E-state index is 14.5. The van der Waals surface area contributed by atoms with E-state index in [2.05, 4.69) is 42.5 Å². The molecule has 2 aliphatic heterocycles. The van der Waals surface area contributed by atoms with Gasteiger partial charge in [-0.05, 0) is 114 Å². The number of carbonyl (C=O) groups excluding carboxylic acids is 11. The number of hydrogen-bond donors (Lipinski definition) is 14. The smallest absolute Gasteiger partial charge is 0.326 e. The fourth-order valence-corrected chi connectivity index (χ4v) is 9.96. The summed E-state index contributed by atoms with van der Waals surface area (Å²) in [6, 6.07) is -14.3. The quantitative estimate of drug-likeness (QED) is 0.0292. The lowest BCUT2D eigenvalue weighted by molar-refractivity contribution is -0.145. The van der Waals surface area contributed by atoms with Crippen LogP contribution in [0.4, 0.5) is 0 Å². The van der Waals surface area contributed by atoms with Crippen LogP contribution in [0.1, 0.15) is 159 Å². The largest absolute Gasteiger partial charge is 0.481 e. The molecule has 0 aromatic carbocycles. The summed E-state index contributed by atoms with van der Waals surface area (Å²) in [5, 5.41) is 49.0. The molecular weight excluding hydrogens is 1130 g/mol. The van der Waals surface area contributed by atoms with E-state index >= 15 is 0 Å². The standard InChI is InChI=1S/C56H95N13O17/c1-28(2)26-37(64-51(80)39-15-13-25-69(39)55(84)45(31(7)8)67-52(81)40-16-12-24-68(40)54(83)36(19-22-43(73)74)63-46(75)32(9)58)50(79)66-44(30(5)6)53(82)62-33(14-10-11-23-57)47(76)60-34(17-20-41(59)70)48(77)61-35(18-21-42(71)72)49(78)65-38(56(85)86)27-29(3)4/h28-40,44-45H,10-27,57-58H2,1-9H3,(H2,59,70)(H,60,76)(H,61,77)(H,62,82)(H,63,75)(H,64,80)(H,65,78)(H,66,79)(H,67,81)(H,71,72)(H,73,74)(H,85,86)/t32-,33-,34-,35-,36-,37-,38-,39-,40-,44-,45-/m0/s1. The molecule has 2 aliphatic rings. The zero-order valence-corrected chi connectivity index (χ0v) is 51.1. The van der Waals surface area contributed by atoms with Crippen LogP contribution in [0.5, 0.6) is 0 Å². The zero-order valence-electron chi connectivity index (χ0n) is 51.1. The molecule has 11 amide bonds. The average molecular weight is 1220 g/mol. The predicted molar refractivity (Wildman–Crippen MR) is 310 cm³/mol. The number of nitrogens with one attached hydrogen (secondary N) is 8. The molecule has 0 radical (unpaired) electrons. The number of primary amides is 1. The summed E-state index contributed by atoms with van der Waals surface area (Å²) < 4.78 is 0. The Bertz CT molecular complexity index is 2400. The first kappa shape index (κ1) is 74.6. The SMILES string of the molecule is CC(C)C[C@H](NC(=O)[C@H](CCC(=O)O)NC(=O)[C@H](CCC(N)=O)NC(=O)[C@H](CCCCN)NC(=O)[C@@H](NC(=O)[C@H](CC(C)C)NC(=O)[C@@H]1CCCN1C(=O)[C@@H](NC(=O)[C@@H]1CCCN1C(=O)[C@H](CCC(=O)O)NC(=O)[C@H](C)N)C(C)C)C(C)C)C(=O)O. The number of nitrogens with zero attached hydrogens (tertiary/aromatic N) is 2. The van der Waals surface area contributed by atoms with E-state index in [0.717, 1.165) is 0 Å². The maximum absolute atomic E-state index is 14.5. The van der Waals surface area contributed by atoms with Gasteiger partial charge in [0.15, 0.2) is 0 Å². The lowest BCUT2D eigenvalue weighted by atomic mass is 9.98. The third-order valence-corrected chi connectivity index (χ3v) is 14.7. The molecule has 0 saturated carbocycles. The van der Waals surface area contributed by atoms with E-state index in [-0.39, 0.29) is 76.4 Å². The van der Waals surface area contributed by atoms with Crippen molar-refractivity contribution in [3.63, 3.8) is 0 Å². The molecule has 0 bridgehead atoms. The topological polar surface area (TPSA) is 480 Å². The molecule has 11 atom stereocenters. The van der Waals surface area contributed by atoms with Crippen molar-refractivity contribution in [2.45, 2.75) is 225 Å². The highest BCUT2D eigenvalue weighted by molar-refractivity contribution is 5.99. The van der Waals surface area contributed by atoms with Gasteiger partial charge < -0.3 is 84.9 Å². The van der Waals surface area contributed by atoms with E-state index in [1.54, 1.807) is 55.4 Å². The molecule has 2 heterocycles. The Morgan fingerprint density at radius 1 is 0.453 bits per heavy atom. The van der Waals surface area contributed by atoms with Crippen LogP contribution in [-0.4, -0.2) is 194 Å².